The fraction of sp³-hybridized carbons (Fsp3) is 0.325. The van der Waals surface area contributed by atoms with Gasteiger partial charge >= 0.3 is 11.9 Å². The predicted octanol–water partition coefficient (Wildman–Crippen LogP) is 7.92. The first kappa shape index (κ1) is 37.1. The number of fused-ring (bicyclic) bond motifs is 2. The molecule has 4 N–H and O–H groups in total. The van der Waals surface area contributed by atoms with Crippen LogP contribution in [0.5, 0.6) is 5.75 Å². The quantitative estimate of drug-likeness (QED) is 0.129. The van der Waals surface area contributed by atoms with Crippen molar-refractivity contribution in [2.75, 3.05) is 23.9 Å². The highest BCUT2D eigenvalue weighted by Gasteiger charge is 2.63. The van der Waals surface area contributed by atoms with Gasteiger partial charge < -0.3 is 30.5 Å². The number of ether oxygens (including phenoxy) is 1. The molecule has 2 aliphatic rings. The Labute approximate surface area is 311 Å². The first-order chi connectivity index (χ1) is 24.6. The number of benzene rings is 4. The molecule has 272 valence electrons. The van der Waals surface area contributed by atoms with Crippen molar-refractivity contribution in [3.05, 3.63) is 123 Å². The minimum atomic E-state index is -1.14. The Balaban J connectivity index is 1.51. The fourth-order valence-electron chi connectivity index (χ4n) is 8.00. The van der Waals surface area contributed by atoms with Crippen molar-refractivity contribution in [3.8, 4) is 5.75 Å². The summed E-state index contributed by atoms with van der Waals surface area (Å²) in [6, 6.07) is 20.7. The number of aromatic carboxylic acids is 1. The number of anilines is 2. The summed E-state index contributed by atoms with van der Waals surface area (Å²) in [5.74, 6) is -3.78. The molecule has 0 aromatic heterocycles. The maximum atomic E-state index is 16.4. The lowest BCUT2D eigenvalue weighted by Gasteiger charge is -2.40. The van der Waals surface area contributed by atoms with Crippen LogP contribution in [0.2, 0.25) is 10.0 Å². The summed E-state index contributed by atoms with van der Waals surface area (Å²) in [6.07, 6.45) is 0.491. The minimum Gasteiger partial charge on any atom is -0.495 e. The van der Waals surface area contributed by atoms with Gasteiger partial charge in [-0.25, -0.2) is 9.18 Å². The van der Waals surface area contributed by atoms with Gasteiger partial charge in [0.05, 0.1) is 35.8 Å². The van der Waals surface area contributed by atoms with Gasteiger partial charge in [-0.2, -0.15) is 0 Å². The third-order valence-electron chi connectivity index (χ3n) is 9.99. The van der Waals surface area contributed by atoms with Gasteiger partial charge in [-0.3, -0.25) is 9.59 Å². The molecule has 4 atom stereocenters. The lowest BCUT2D eigenvalue weighted by Crippen LogP contribution is -2.48. The van der Waals surface area contributed by atoms with E-state index in [9.17, 15) is 24.6 Å². The highest BCUT2D eigenvalue weighted by molar-refractivity contribution is 6.31. The molecule has 9 nitrogen and oxygen atoms in total. The number of carbonyl (C=O) groups is 3. The average Bonchev–Trinajstić information content (AvgIpc) is 3.55. The number of hydrogen-bond donors (Lipinski definition) is 4. The zero-order valence-corrected chi connectivity index (χ0v) is 30.7. The number of amides is 1. The smallest absolute Gasteiger partial charge is 0.335 e. The Morgan fingerprint density at radius 2 is 1.73 bits per heavy atom. The number of carboxylic acids is 2. The summed E-state index contributed by atoms with van der Waals surface area (Å²) >= 11 is 13.1. The molecule has 1 spiro atoms. The SMILES string of the molecule is COc1cc(C(=O)O)ccc1NC(=O)[C@@H]1N[C@@H](CC(C)(C)C)[C@@]2(CN(Cc3cccc(CC(=O)O)c3)c3cc(Cl)ccc32)[C@H]1c1cccc(Cl)c1F. The minimum absolute atomic E-state index is 0.00767. The van der Waals surface area contributed by atoms with Crippen LogP contribution in [0.25, 0.3) is 0 Å². The summed E-state index contributed by atoms with van der Waals surface area (Å²) in [7, 11) is 1.38. The zero-order chi connectivity index (χ0) is 37.5. The van der Waals surface area contributed by atoms with Gasteiger partial charge in [0, 0.05) is 41.2 Å². The van der Waals surface area contributed by atoms with E-state index in [1.54, 1.807) is 24.3 Å². The Bertz CT molecular complexity index is 2050. The number of halogens is 3. The van der Waals surface area contributed by atoms with Crippen molar-refractivity contribution in [1.29, 1.82) is 0 Å². The maximum absolute atomic E-state index is 16.4. The van der Waals surface area contributed by atoms with E-state index in [0.29, 0.717) is 30.1 Å². The molecule has 0 aliphatic carbocycles. The highest BCUT2D eigenvalue weighted by atomic mass is 35.5. The van der Waals surface area contributed by atoms with Crippen molar-refractivity contribution in [2.24, 2.45) is 5.41 Å². The lowest BCUT2D eigenvalue weighted by molar-refractivity contribution is -0.136. The highest BCUT2D eigenvalue weighted by Crippen LogP contribution is 2.58. The Morgan fingerprint density at radius 1 is 1.00 bits per heavy atom. The number of aliphatic carboxylic acids is 1. The topological polar surface area (TPSA) is 128 Å². The standard InChI is InChI=1S/C40H40Cl2FN3O6/c1-39(2,3)19-32-40(21-46(30-18-25(41)12-13-27(30)40)20-23-8-5-7-22(15-23)16-33(47)48)34(26-9-6-10-28(42)35(26)43)36(45-32)37(49)44-29-14-11-24(38(50)51)17-31(29)52-4/h5-15,17-18,32,34,36,45H,16,19-21H2,1-4H3,(H,44,49)(H,47,48)(H,50,51)/t32-,34-,36+,40-/m0/s1. The summed E-state index contributed by atoms with van der Waals surface area (Å²) in [4.78, 5) is 39.9. The Hall–Kier alpha value is -4.64. The van der Waals surface area contributed by atoms with Crippen LogP contribution in [0, 0.1) is 11.2 Å². The van der Waals surface area contributed by atoms with E-state index in [0.717, 1.165) is 16.8 Å². The van der Waals surface area contributed by atoms with Gasteiger partial charge in [0.2, 0.25) is 5.91 Å². The van der Waals surface area contributed by atoms with Crippen LogP contribution in [0.3, 0.4) is 0 Å². The Kier molecular flexibility index (Phi) is 10.3. The third kappa shape index (κ3) is 7.20. The summed E-state index contributed by atoms with van der Waals surface area (Å²) < 4.78 is 21.9. The van der Waals surface area contributed by atoms with Crippen molar-refractivity contribution in [1.82, 2.24) is 5.32 Å². The van der Waals surface area contributed by atoms with E-state index < -0.39 is 41.0 Å². The lowest BCUT2D eigenvalue weighted by atomic mass is 9.63. The molecule has 4 aromatic rings. The number of nitrogens with zero attached hydrogens (tertiary/aromatic N) is 1. The molecule has 52 heavy (non-hydrogen) atoms. The van der Waals surface area contributed by atoms with Gasteiger partial charge in [0.1, 0.15) is 11.6 Å². The van der Waals surface area contributed by atoms with Gasteiger partial charge in [-0.1, -0.05) is 86.4 Å². The second kappa shape index (κ2) is 14.4. The van der Waals surface area contributed by atoms with Crippen molar-refractivity contribution in [3.63, 3.8) is 0 Å². The molecular formula is C40H40Cl2FN3O6. The van der Waals surface area contributed by atoms with E-state index in [4.69, 9.17) is 27.9 Å². The van der Waals surface area contributed by atoms with Gasteiger partial charge in [0.25, 0.3) is 0 Å². The molecule has 0 unspecified atom stereocenters. The molecule has 1 amide bonds. The summed E-state index contributed by atoms with van der Waals surface area (Å²) in [6.45, 7) is 7.12. The van der Waals surface area contributed by atoms with Crippen LogP contribution in [-0.4, -0.2) is 53.8 Å². The second-order valence-corrected chi connectivity index (χ2v) is 15.6. The molecule has 0 saturated carbocycles. The van der Waals surface area contributed by atoms with E-state index in [1.807, 2.05) is 30.3 Å². The zero-order valence-electron chi connectivity index (χ0n) is 29.2. The number of carboxylic acid groups (broad SMARTS) is 2. The molecule has 1 saturated heterocycles. The van der Waals surface area contributed by atoms with Crippen LogP contribution in [-0.2, 0) is 28.0 Å². The van der Waals surface area contributed by atoms with Crippen LogP contribution in [0.15, 0.2) is 78.9 Å². The molecule has 0 bridgehead atoms. The molecular weight excluding hydrogens is 708 g/mol. The molecule has 1 fully saturated rings. The normalized spacial score (nSPS) is 20.9. The van der Waals surface area contributed by atoms with E-state index in [1.165, 1.54) is 31.4 Å². The van der Waals surface area contributed by atoms with Gasteiger partial charge in [-0.15, -0.1) is 0 Å². The Morgan fingerprint density at radius 3 is 2.42 bits per heavy atom. The molecule has 0 radical (unpaired) electrons. The summed E-state index contributed by atoms with van der Waals surface area (Å²) in [5, 5.41) is 26.0. The van der Waals surface area contributed by atoms with Crippen LogP contribution < -0.4 is 20.3 Å². The third-order valence-corrected chi connectivity index (χ3v) is 10.5. The van der Waals surface area contributed by atoms with Crippen LogP contribution >= 0.6 is 23.2 Å². The fourth-order valence-corrected chi connectivity index (χ4v) is 8.34. The molecule has 2 aliphatic heterocycles. The van der Waals surface area contributed by atoms with Crippen molar-refractivity contribution in [2.45, 2.75) is 63.6 Å². The molecule has 12 heteroatoms. The second-order valence-electron chi connectivity index (χ2n) is 14.7. The first-order valence-electron chi connectivity index (χ1n) is 16.9. The number of carbonyl (C=O) groups excluding carboxylic acids is 1. The average molecular weight is 749 g/mol. The van der Waals surface area contributed by atoms with Crippen molar-refractivity contribution < 1.29 is 33.7 Å². The number of rotatable bonds is 10. The van der Waals surface area contributed by atoms with E-state index in [2.05, 4.69) is 36.3 Å². The molecule has 2 heterocycles. The van der Waals surface area contributed by atoms with E-state index >= 15 is 4.39 Å². The number of methoxy groups -OCH3 is 1. The van der Waals surface area contributed by atoms with Crippen molar-refractivity contribution >= 4 is 52.4 Å². The number of nitrogens with one attached hydrogen (secondary N) is 2. The number of hydrogen-bond acceptors (Lipinski definition) is 6. The van der Waals surface area contributed by atoms with E-state index in [-0.39, 0.29) is 45.5 Å². The van der Waals surface area contributed by atoms with Crippen LogP contribution in [0.1, 0.15) is 65.7 Å². The van der Waals surface area contributed by atoms with Gasteiger partial charge in [-0.05, 0) is 70.5 Å². The largest absolute Gasteiger partial charge is 0.495 e. The summed E-state index contributed by atoms with van der Waals surface area (Å²) in [5.41, 5.74) is 2.69. The predicted molar refractivity (Wildman–Crippen MR) is 199 cm³/mol. The molecule has 4 aromatic carbocycles. The van der Waals surface area contributed by atoms with Gasteiger partial charge in [0.15, 0.2) is 0 Å². The maximum Gasteiger partial charge on any atom is 0.335 e. The first-order valence-corrected chi connectivity index (χ1v) is 17.6. The van der Waals surface area contributed by atoms with Crippen LogP contribution in [0.4, 0.5) is 15.8 Å². The molecule has 6 rings (SSSR count). The monoisotopic (exact) mass is 747 g/mol.